The van der Waals surface area contributed by atoms with Gasteiger partial charge in [-0.05, 0) is 42.9 Å². The van der Waals surface area contributed by atoms with Crippen molar-refractivity contribution in [1.82, 2.24) is 0 Å². The molecule has 1 aliphatic carbocycles. The summed E-state index contributed by atoms with van der Waals surface area (Å²) < 4.78 is 0. The van der Waals surface area contributed by atoms with Crippen LogP contribution in [0.15, 0.2) is 0 Å². The minimum Gasteiger partial charge on any atom is -0.328 e. The van der Waals surface area contributed by atoms with E-state index in [-0.39, 0.29) is 0 Å². The summed E-state index contributed by atoms with van der Waals surface area (Å²) in [5, 5.41) is 0. The summed E-state index contributed by atoms with van der Waals surface area (Å²) in [5.74, 6) is 0. The molecule has 0 atom stereocenters. The highest BCUT2D eigenvalue weighted by molar-refractivity contribution is 4.93. The molecule has 0 aromatic rings. The topological polar surface area (TPSA) is 26.0 Å². The maximum absolute atomic E-state index is 5.95. The molecule has 13 heavy (non-hydrogen) atoms. The van der Waals surface area contributed by atoms with Gasteiger partial charge in [0.1, 0.15) is 0 Å². The highest BCUT2D eigenvalue weighted by Gasteiger charge is 2.41. The molecule has 0 saturated heterocycles. The van der Waals surface area contributed by atoms with Crippen LogP contribution in [0.2, 0.25) is 0 Å². The Hall–Kier alpha value is -0.0400. The smallest absolute Gasteiger partial charge is 0.00392 e. The lowest BCUT2D eigenvalue weighted by molar-refractivity contribution is 0.0295. The van der Waals surface area contributed by atoms with E-state index in [2.05, 4.69) is 27.7 Å². The summed E-state index contributed by atoms with van der Waals surface area (Å²) in [5.41, 5.74) is 6.96. The molecule has 1 fully saturated rings. The summed E-state index contributed by atoms with van der Waals surface area (Å²) >= 11 is 0. The average molecular weight is 183 g/mol. The van der Waals surface area contributed by atoms with Gasteiger partial charge in [0, 0.05) is 6.04 Å². The van der Waals surface area contributed by atoms with Gasteiger partial charge in [0.2, 0.25) is 0 Å². The summed E-state index contributed by atoms with van der Waals surface area (Å²) in [6, 6.07) is 0.474. The van der Waals surface area contributed by atoms with Gasteiger partial charge in [-0.25, -0.2) is 0 Å². The highest BCUT2D eigenvalue weighted by atomic mass is 14.6. The molecule has 0 aromatic heterocycles. The molecular weight excluding hydrogens is 158 g/mol. The largest absolute Gasteiger partial charge is 0.328 e. The molecule has 2 N–H and O–H groups in total. The quantitative estimate of drug-likeness (QED) is 0.663. The molecule has 1 rings (SSSR count). The van der Waals surface area contributed by atoms with Crippen LogP contribution < -0.4 is 5.73 Å². The fraction of sp³-hybridized carbons (Fsp3) is 1.00. The number of hydrogen-bond donors (Lipinski definition) is 1. The van der Waals surface area contributed by atoms with Crippen molar-refractivity contribution in [2.75, 3.05) is 0 Å². The molecule has 0 heterocycles. The first-order valence-corrected chi connectivity index (χ1v) is 5.67. The molecule has 0 amide bonds. The standard InChI is InChI=1S/C12H25N/c1-5-12(11(2,3)4)8-6-10(13)7-9-12/h10H,5-9,13H2,1-4H3. The van der Waals surface area contributed by atoms with Gasteiger partial charge in [-0.2, -0.15) is 0 Å². The second-order valence-corrected chi connectivity index (χ2v) is 5.72. The van der Waals surface area contributed by atoms with Gasteiger partial charge in [0.25, 0.3) is 0 Å². The third-order valence-corrected chi connectivity index (χ3v) is 4.26. The van der Waals surface area contributed by atoms with Crippen LogP contribution in [0.5, 0.6) is 0 Å². The van der Waals surface area contributed by atoms with Crippen molar-refractivity contribution in [3.05, 3.63) is 0 Å². The molecule has 1 saturated carbocycles. The fourth-order valence-corrected chi connectivity index (χ4v) is 2.83. The zero-order chi connectivity index (χ0) is 10.1. The van der Waals surface area contributed by atoms with Crippen LogP contribution in [-0.2, 0) is 0 Å². The predicted octanol–water partition coefficient (Wildman–Crippen LogP) is 3.33. The van der Waals surface area contributed by atoms with E-state index in [1.165, 1.54) is 32.1 Å². The molecule has 78 valence electrons. The van der Waals surface area contributed by atoms with Gasteiger partial charge in [-0.1, -0.05) is 27.7 Å². The molecule has 1 aliphatic rings. The lowest BCUT2D eigenvalue weighted by atomic mass is 9.57. The Kier molecular flexibility index (Phi) is 3.06. The molecule has 0 bridgehead atoms. The second kappa shape index (κ2) is 3.61. The Labute approximate surface area is 83.1 Å². The lowest BCUT2D eigenvalue weighted by Crippen LogP contribution is -2.41. The Balaban J connectivity index is 2.72. The van der Waals surface area contributed by atoms with Crippen molar-refractivity contribution in [3.8, 4) is 0 Å². The van der Waals surface area contributed by atoms with E-state index in [4.69, 9.17) is 5.73 Å². The van der Waals surface area contributed by atoms with Gasteiger partial charge in [-0.15, -0.1) is 0 Å². The molecule has 0 aliphatic heterocycles. The monoisotopic (exact) mass is 183 g/mol. The third kappa shape index (κ3) is 2.07. The van der Waals surface area contributed by atoms with Gasteiger partial charge in [0.05, 0.1) is 0 Å². The summed E-state index contributed by atoms with van der Waals surface area (Å²) in [6.07, 6.45) is 6.42. The zero-order valence-corrected chi connectivity index (χ0v) is 9.69. The maximum atomic E-state index is 5.95. The fourth-order valence-electron chi connectivity index (χ4n) is 2.83. The van der Waals surface area contributed by atoms with Gasteiger partial charge >= 0.3 is 0 Å². The zero-order valence-electron chi connectivity index (χ0n) is 9.69. The first kappa shape index (κ1) is 11.0. The first-order valence-electron chi connectivity index (χ1n) is 5.67. The van der Waals surface area contributed by atoms with E-state index in [0.29, 0.717) is 16.9 Å². The van der Waals surface area contributed by atoms with Crippen molar-refractivity contribution >= 4 is 0 Å². The lowest BCUT2D eigenvalue weighted by Gasteiger charge is -2.48. The summed E-state index contributed by atoms with van der Waals surface area (Å²) in [6.45, 7) is 9.48. The maximum Gasteiger partial charge on any atom is 0.00392 e. The minimum absolute atomic E-state index is 0.446. The summed E-state index contributed by atoms with van der Waals surface area (Å²) in [7, 11) is 0. The Bertz CT molecular complexity index is 158. The van der Waals surface area contributed by atoms with Gasteiger partial charge in [0.15, 0.2) is 0 Å². The van der Waals surface area contributed by atoms with E-state index in [1.807, 2.05) is 0 Å². The van der Waals surface area contributed by atoms with Crippen LogP contribution in [0.25, 0.3) is 0 Å². The molecule has 0 radical (unpaired) electrons. The van der Waals surface area contributed by atoms with E-state index >= 15 is 0 Å². The van der Waals surface area contributed by atoms with Crippen molar-refractivity contribution < 1.29 is 0 Å². The third-order valence-electron chi connectivity index (χ3n) is 4.26. The molecule has 1 heteroatoms. The SMILES string of the molecule is CCC1(C(C)(C)C)CCC(N)CC1. The van der Waals surface area contributed by atoms with Gasteiger partial charge in [-0.3, -0.25) is 0 Å². The van der Waals surface area contributed by atoms with Crippen LogP contribution >= 0.6 is 0 Å². The normalized spacial score (nSPS) is 36.2. The molecule has 0 spiro atoms. The molecule has 0 aromatic carbocycles. The number of nitrogens with two attached hydrogens (primary N) is 1. The van der Waals surface area contributed by atoms with Crippen molar-refractivity contribution in [2.24, 2.45) is 16.6 Å². The summed E-state index contributed by atoms with van der Waals surface area (Å²) in [4.78, 5) is 0. The highest BCUT2D eigenvalue weighted by Crippen LogP contribution is 2.51. The first-order chi connectivity index (χ1) is 5.91. The molecule has 1 nitrogen and oxygen atoms in total. The van der Waals surface area contributed by atoms with Crippen molar-refractivity contribution in [2.45, 2.75) is 65.8 Å². The Morgan fingerprint density at radius 1 is 1.23 bits per heavy atom. The Morgan fingerprint density at radius 3 is 2.00 bits per heavy atom. The van der Waals surface area contributed by atoms with Crippen molar-refractivity contribution in [3.63, 3.8) is 0 Å². The van der Waals surface area contributed by atoms with Crippen LogP contribution in [0.3, 0.4) is 0 Å². The second-order valence-electron chi connectivity index (χ2n) is 5.72. The number of rotatable bonds is 1. The van der Waals surface area contributed by atoms with E-state index in [9.17, 15) is 0 Å². The average Bonchev–Trinajstić information content (AvgIpc) is 2.04. The Morgan fingerprint density at radius 2 is 1.69 bits per heavy atom. The molecular formula is C12H25N. The predicted molar refractivity (Wildman–Crippen MR) is 58.6 cm³/mol. The van der Waals surface area contributed by atoms with E-state index in [0.717, 1.165) is 0 Å². The van der Waals surface area contributed by atoms with E-state index in [1.54, 1.807) is 0 Å². The van der Waals surface area contributed by atoms with Gasteiger partial charge < -0.3 is 5.73 Å². The molecule has 0 unspecified atom stereocenters. The van der Waals surface area contributed by atoms with Crippen LogP contribution in [0.1, 0.15) is 59.8 Å². The van der Waals surface area contributed by atoms with Crippen LogP contribution in [0.4, 0.5) is 0 Å². The van der Waals surface area contributed by atoms with Crippen LogP contribution in [0, 0.1) is 10.8 Å². The van der Waals surface area contributed by atoms with Crippen molar-refractivity contribution in [1.29, 1.82) is 0 Å². The van der Waals surface area contributed by atoms with E-state index < -0.39 is 0 Å². The minimum atomic E-state index is 0.446. The number of hydrogen-bond acceptors (Lipinski definition) is 1. The van der Waals surface area contributed by atoms with Crippen LogP contribution in [-0.4, -0.2) is 6.04 Å².